The van der Waals surface area contributed by atoms with Gasteiger partial charge < -0.3 is 10.1 Å². The van der Waals surface area contributed by atoms with E-state index in [2.05, 4.69) is 5.32 Å². The van der Waals surface area contributed by atoms with E-state index in [0.29, 0.717) is 13.0 Å². The number of hydrogen-bond acceptors (Lipinski definition) is 4. The second kappa shape index (κ2) is 9.61. The van der Waals surface area contributed by atoms with Gasteiger partial charge in [0.05, 0.1) is 17.7 Å². The molecule has 0 fully saturated rings. The first-order valence-electron chi connectivity index (χ1n) is 9.57. The highest BCUT2D eigenvalue weighted by molar-refractivity contribution is 7.92. The van der Waals surface area contributed by atoms with E-state index in [-0.39, 0.29) is 22.1 Å². The fourth-order valence-corrected chi connectivity index (χ4v) is 4.26. The number of halogens is 1. The number of sulfonamides is 1. The fourth-order valence-electron chi connectivity index (χ4n) is 3.01. The zero-order valence-electron chi connectivity index (χ0n) is 17.2. The largest absolute Gasteiger partial charge is 0.497 e. The molecule has 0 radical (unpaired) electrons. The first kappa shape index (κ1) is 22.3. The number of carbonyl (C=O) groups is 1. The third-order valence-electron chi connectivity index (χ3n) is 4.80. The molecule has 0 bridgehead atoms. The fraction of sp³-hybridized carbons (Fsp3) is 0.174. The molecule has 0 saturated heterocycles. The predicted molar refractivity (Wildman–Crippen MR) is 117 cm³/mol. The predicted octanol–water partition coefficient (Wildman–Crippen LogP) is 3.63. The Balaban J connectivity index is 1.69. The maximum absolute atomic E-state index is 14.0. The number of methoxy groups -OCH3 is 1. The van der Waals surface area contributed by atoms with E-state index in [1.165, 1.54) is 49.5 Å². The summed E-state index contributed by atoms with van der Waals surface area (Å²) >= 11 is 0. The highest BCUT2D eigenvalue weighted by atomic mass is 32.2. The van der Waals surface area contributed by atoms with Gasteiger partial charge in [0.25, 0.3) is 15.9 Å². The van der Waals surface area contributed by atoms with E-state index in [0.717, 1.165) is 15.6 Å². The van der Waals surface area contributed by atoms with Crippen molar-refractivity contribution < 1.29 is 22.3 Å². The summed E-state index contributed by atoms with van der Waals surface area (Å²) in [6.07, 6.45) is 0.615. The number of ether oxygens (including phenoxy) is 1. The summed E-state index contributed by atoms with van der Waals surface area (Å²) < 4.78 is 45.9. The van der Waals surface area contributed by atoms with Gasteiger partial charge in [-0.2, -0.15) is 0 Å². The molecule has 0 aliphatic rings. The Morgan fingerprint density at radius 3 is 2.42 bits per heavy atom. The second-order valence-corrected chi connectivity index (χ2v) is 8.78. The van der Waals surface area contributed by atoms with Crippen molar-refractivity contribution in [3.05, 3.63) is 89.7 Å². The van der Waals surface area contributed by atoms with Crippen LogP contribution < -0.4 is 14.4 Å². The van der Waals surface area contributed by atoms with Gasteiger partial charge in [0.2, 0.25) is 0 Å². The Bertz CT molecular complexity index is 1160. The highest BCUT2D eigenvalue weighted by Crippen LogP contribution is 2.25. The van der Waals surface area contributed by atoms with E-state index in [9.17, 15) is 17.6 Å². The van der Waals surface area contributed by atoms with Gasteiger partial charge >= 0.3 is 0 Å². The lowest BCUT2D eigenvalue weighted by Crippen LogP contribution is -2.28. The molecule has 31 heavy (non-hydrogen) atoms. The molecular weight excluding hydrogens is 419 g/mol. The molecule has 3 rings (SSSR count). The smallest absolute Gasteiger partial charge is 0.264 e. The van der Waals surface area contributed by atoms with Crippen molar-refractivity contribution in [2.45, 2.75) is 11.3 Å². The highest BCUT2D eigenvalue weighted by Gasteiger charge is 2.24. The Kier molecular flexibility index (Phi) is 6.91. The van der Waals surface area contributed by atoms with E-state index < -0.39 is 15.8 Å². The monoisotopic (exact) mass is 442 g/mol. The number of rotatable bonds is 8. The first-order chi connectivity index (χ1) is 14.8. The van der Waals surface area contributed by atoms with Crippen molar-refractivity contribution in [2.75, 3.05) is 25.0 Å². The zero-order valence-corrected chi connectivity index (χ0v) is 18.0. The molecule has 0 aromatic heterocycles. The van der Waals surface area contributed by atoms with Crippen molar-refractivity contribution >= 4 is 21.6 Å². The minimum Gasteiger partial charge on any atom is -0.497 e. The molecule has 0 saturated carbocycles. The molecule has 0 aliphatic carbocycles. The third-order valence-corrected chi connectivity index (χ3v) is 6.57. The SMILES string of the molecule is COc1ccc(CCNC(=O)c2cccc(S(=O)(=O)N(C)c3ccccc3F)c2)cc1. The van der Waals surface area contributed by atoms with Crippen LogP contribution in [-0.2, 0) is 16.4 Å². The molecule has 162 valence electrons. The number of anilines is 1. The average Bonchev–Trinajstić information content (AvgIpc) is 2.79. The minimum atomic E-state index is -4.04. The maximum Gasteiger partial charge on any atom is 0.264 e. The van der Waals surface area contributed by atoms with E-state index in [1.807, 2.05) is 24.3 Å². The number of nitrogens with zero attached hydrogens (tertiary/aromatic N) is 1. The summed E-state index contributed by atoms with van der Waals surface area (Å²) in [5, 5.41) is 2.79. The van der Waals surface area contributed by atoms with Gasteiger partial charge in [-0.05, 0) is 54.4 Å². The summed E-state index contributed by atoms with van der Waals surface area (Å²) in [6.45, 7) is 0.386. The number of amides is 1. The number of carbonyl (C=O) groups excluding carboxylic acids is 1. The van der Waals surface area contributed by atoms with Crippen molar-refractivity contribution in [3.63, 3.8) is 0 Å². The van der Waals surface area contributed by atoms with Gasteiger partial charge in [-0.1, -0.05) is 30.3 Å². The average molecular weight is 443 g/mol. The zero-order chi connectivity index (χ0) is 22.4. The normalized spacial score (nSPS) is 11.1. The van der Waals surface area contributed by atoms with E-state index in [1.54, 1.807) is 13.2 Å². The van der Waals surface area contributed by atoms with E-state index in [4.69, 9.17) is 4.74 Å². The van der Waals surface area contributed by atoms with Gasteiger partial charge in [0, 0.05) is 19.2 Å². The number of hydrogen-bond donors (Lipinski definition) is 1. The lowest BCUT2D eigenvalue weighted by Gasteiger charge is -2.20. The van der Waals surface area contributed by atoms with Gasteiger partial charge in [0.1, 0.15) is 11.6 Å². The van der Waals surface area contributed by atoms with Crippen LogP contribution in [0.2, 0.25) is 0 Å². The Labute approximate surface area is 181 Å². The molecule has 0 heterocycles. The second-order valence-electron chi connectivity index (χ2n) is 6.81. The van der Waals surface area contributed by atoms with Gasteiger partial charge in [0.15, 0.2) is 0 Å². The molecule has 3 aromatic rings. The van der Waals surface area contributed by atoms with Gasteiger partial charge in [-0.3, -0.25) is 9.10 Å². The molecule has 1 N–H and O–H groups in total. The van der Waals surface area contributed by atoms with Crippen LogP contribution in [0.3, 0.4) is 0 Å². The van der Waals surface area contributed by atoms with E-state index >= 15 is 0 Å². The van der Waals surface area contributed by atoms with Crippen LogP contribution in [0.15, 0.2) is 77.7 Å². The molecule has 3 aromatic carbocycles. The third kappa shape index (κ3) is 5.21. The summed E-state index contributed by atoms with van der Waals surface area (Å²) in [5.41, 5.74) is 1.17. The molecular formula is C23H23FN2O4S. The van der Waals surface area contributed by atoms with Crippen LogP contribution in [0, 0.1) is 5.82 Å². The maximum atomic E-state index is 14.0. The molecule has 0 spiro atoms. The van der Waals surface area contributed by atoms with Crippen molar-refractivity contribution in [3.8, 4) is 5.75 Å². The van der Waals surface area contributed by atoms with Crippen LogP contribution in [-0.4, -0.2) is 35.0 Å². The molecule has 1 amide bonds. The van der Waals surface area contributed by atoms with Crippen LogP contribution in [0.1, 0.15) is 15.9 Å². The van der Waals surface area contributed by atoms with Crippen molar-refractivity contribution in [1.29, 1.82) is 0 Å². The number of nitrogens with one attached hydrogen (secondary N) is 1. The number of para-hydroxylation sites is 1. The number of benzene rings is 3. The quantitative estimate of drug-likeness (QED) is 0.578. The van der Waals surface area contributed by atoms with Crippen LogP contribution in [0.5, 0.6) is 5.75 Å². The standard InChI is InChI=1S/C23H23FN2O4S/c1-26(22-9-4-3-8-21(22)24)31(28,29)20-7-5-6-18(16-20)23(27)25-15-14-17-10-12-19(30-2)13-11-17/h3-13,16H,14-15H2,1-2H3,(H,25,27). The summed E-state index contributed by atoms with van der Waals surface area (Å²) in [5.74, 6) is -0.286. The molecule has 0 aliphatic heterocycles. The Morgan fingerprint density at radius 1 is 1.03 bits per heavy atom. The molecule has 0 atom stereocenters. The van der Waals surface area contributed by atoms with Crippen LogP contribution >= 0.6 is 0 Å². The Morgan fingerprint density at radius 2 is 1.74 bits per heavy atom. The summed E-state index contributed by atoms with van der Waals surface area (Å²) in [7, 11) is -1.17. The van der Waals surface area contributed by atoms with Gasteiger partial charge in [-0.25, -0.2) is 12.8 Å². The van der Waals surface area contributed by atoms with Crippen molar-refractivity contribution in [1.82, 2.24) is 5.32 Å². The van der Waals surface area contributed by atoms with Gasteiger partial charge in [-0.15, -0.1) is 0 Å². The first-order valence-corrected chi connectivity index (χ1v) is 11.0. The topological polar surface area (TPSA) is 75.7 Å². The summed E-state index contributed by atoms with van der Waals surface area (Å²) in [6, 6.07) is 18.8. The molecule has 0 unspecified atom stereocenters. The van der Waals surface area contributed by atoms with Crippen LogP contribution in [0.4, 0.5) is 10.1 Å². The lowest BCUT2D eigenvalue weighted by molar-refractivity contribution is 0.0954. The molecule has 8 heteroatoms. The molecule has 6 nitrogen and oxygen atoms in total. The summed E-state index contributed by atoms with van der Waals surface area (Å²) in [4.78, 5) is 12.4. The minimum absolute atomic E-state index is 0.0724. The lowest BCUT2D eigenvalue weighted by atomic mass is 10.1. The van der Waals surface area contributed by atoms with Crippen LogP contribution in [0.25, 0.3) is 0 Å². The van der Waals surface area contributed by atoms with Crippen molar-refractivity contribution in [2.24, 2.45) is 0 Å². The Hall–Kier alpha value is -3.39.